The molecule has 0 saturated heterocycles. The van der Waals surface area contributed by atoms with Crippen molar-refractivity contribution in [1.82, 2.24) is 0 Å². The Labute approximate surface area is 122 Å². The molecular weight excluding hydrogens is 246 g/mol. The molecule has 1 aromatic rings. The van der Waals surface area contributed by atoms with Gasteiger partial charge in [0.05, 0.1) is 0 Å². The van der Waals surface area contributed by atoms with E-state index < -0.39 is 0 Å². The molecule has 0 aromatic heterocycles. The summed E-state index contributed by atoms with van der Waals surface area (Å²) < 4.78 is 5.76. The molecule has 0 bridgehead atoms. The van der Waals surface area contributed by atoms with Gasteiger partial charge in [-0.3, -0.25) is 4.99 Å². The molecule has 2 nitrogen and oxygen atoms in total. The molecule has 0 radical (unpaired) electrons. The number of rotatable bonds is 4. The van der Waals surface area contributed by atoms with Gasteiger partial charge in [-0.15, -0.1) is 0 Å². The Morgan fingerprint density at radius 1 is 1.20 bits per heavy atom. The molecule has 0 fully saturated rings. The standard InChI is InChI=1S/C16H17NO.C2H6/c1-3-17-13(2)14-9-11-16(12-10-14)18-15-7-5-4-6-8-15;1-2/h3,5,7-12H,1,4,6H2,2H3;1-2H3. The topological polar surface area (TPSA) is 21.6 Å². The molecule has 0 spiro atoms. The van der Waals surface area contributed by atoms with E-state index >= 15 is 0 Å². The van der Waals surface area contributed by atoms with E-state index in [1.807, 2.05) is 51.1 Å². The van der Waals surface area contributed by atoms with Crippen LogP contribution in [0.1, 0.15) is 39.2 Å². The van der Waals surface area contributed by atoms with Gasteiger partial charge in [-0.2, -0.15) is 0 Å². The molecule has 106 valence electrons. The monoisotopic (exact) mass is 269 g/mol. The summed E-state index contributed by atoms with van der Waals surface area (Å²) in [6.07, 6.45) is 9.96. The molecule has 0 amide bonds. The molecule has 1 aliphatic carbocycles. The summed E-state index contributed by atoms with van der Waals surface area (Å²) in [6, 6.07) is 7.93. The number of hydrogen-bond acceptors (Lipinski definition) is 2. The lowest BCUT2D eigenvalue weighted by Gasteiger charge is -2.09. The molecule has 1 aliphatic rings. The fraction of sp³-hybridized carbons (Fsp3) is 0.278. The van der Waals surface area contributed by atoms with Gasteiger partial charge in [0.25, 0.3) is 0 Å². The zero-order valence-corrected chi connectivity index (χ0v) is 12.6. The highest BCUT2D eigenvalue weighted by atomic mass is 16.5. The predicted molar refractivity (Wildman–Crippen MR) is 87.3 cm³/mol. The average molecular weight is 269 g/mol. The zero-order chi connectivity index (χ0) is 14.8. The Morgan fingerprint density at radius 3 is 2.45 bits per heavy atom. The van der Waals surface area contributed by atoms with Crippen LogP contribution in [0.4, 0.5) is 0 Å². The molecule has 0 N–H and O–H groups in total. The minimum absolute atomic E-state index is 0.850. The van der Waals surface area contributed by atoms with Crippen molar-refractivity contribution in [3.05, 3.63) is 66.6 Å². The van der Waals surface area contributed by atoms with Gasteiger partial charge in [-0.05, 0) is 61.7 Å². The van der Waals surface area contributed by atoms with Crippen LogP contribution in [0.2, 0.25) is 0 Å². The maximum Gasteiger partial charge on any atom is 0.127 e. The van der Waals surface area contributed by atoms with Crippen molar-refractivity contribution < 1.29 is 4.74 Å². The highest BCUT2D eigenvalue weighted by Crippen LogP contribution is 2.18. The fourth-order valence-electron chi connectivity index (χ4n) is 1.78. The van der Waals surface area contributed by atoms with Gasteiger partial charge in [0, 0.05) is 11.9 Å². The van der Waals surface area contributed by atoms with E-state index in [2.05, 4.69) is 23.7 Å². The lowest BCUT2D eigenvalue weighted by Crippen LogP contribution is -1.97. The lowest BCUT2D eigenvalue weighted by molar-refractivity contribution is 0.439. The second kappa shape index (κ2) is 8.92. The van der Waals surface area contributed by atoms with Crippen LogP contribution in [-0.4, -0.2) is 5.71 Å². The summed E-state index contributed by atoms with van der Waals surface area (Å²) in [5.41, 5.74) is 2.03. The third kappa shape index (κ3) is 4.88. The normalized spacial score (nSPS) is 13.9. The van der Waals surface area contributed by atoms with E-state index in [9.17, 15) is 0 Å². The molecule has 0 heterocycles. The SMILES string of the molecule is C=CN=C(C)c1ccc(OC2=CCCC=C2)cc1.CC. The highest BCUT2D eigenvalue weighted by molar-refractivity contribution is 5.99. The van der Waals surface area contributed by atoms with Crippen LogP contribution < -0.4 is 4.74 Å². The second-order valence-electron chi connectivity index (χ2n) is 4.11. The van der Waals surface area contributed by atoms with E-state index in [1.54, 1.807) is 6.20 Å². The van der Waals surface area contributed by atoms with Crippen molar-refractivity contribution >= 4 is 5.71 Å². The Kier molecular flexibility index (Phi) is 7.12. The zero-order valence-electron chi connectivity index (χ0n) is 12.6. The van der Waals surface area contributed by atoms with Crippen LogP contribution in [0.3, 0.4) is 0 Å². The first kappa shape index (κ1) is 16.0. The van der Waals surface area contributed by atoms with Crippen LogP contribution in [0, 0.1) is 0 Å². The molecule has 0 saturated carbocycles. The maximum atomic E-state index is 5.76. The van der Waals surface area contributed by atoms with Crippen LogP contribution in [-0.2, 0) is 0 Å². The van der Waals surface area contributed by atoms with Crippen LogP contribution in [0.25, 0.3) is 0 Å². The quantitative estimate of drug-likeness (QED) is 0.682. The van der Waals surface area contributed by atoms with Gasteiger partial charge in [0.2, 0.25) is 0 Å². The van der Waals surface area contributed by atoms with Gasteiger partial charge < -0.3 is 4.74 Å². The molecule has 0 aliphatic heterocycles. The Bertz CT molecular complexity index is 507. The molecular formula is C18H23NO. The smallest absolute Gasteiger partial charge is 0.127 e. The first-order chi connectivity index (χ1) is 9.79. The minimum atomic E-state index is 0.850. The lowest BCUT2D eigenvalue weighted by atomic mass is 10.1. The molecule has 20 heavy (non-hydrogen) atoms. The van der Waals surface area contributed by atoms with Crippen LogP contribution in [0.15, 0.2) is 66.0 Å². The van der Waals surface area contributed by atoms with Crippen molar-refractivity contribution in [2.45, 2.75) is 33.6 Å². The Balaban J connectivity index is 0.000000956. The van der Waals surface area contributed by atoms with Gasteiger partial charge in [-0.25, -0.2) is 0 Å². The van der Waals surface area contributed by atoms with Gasteiger partial charge in [-0.1, -0.05) is 26.5 Å². The summed E-state index contributed by atoms with van der Waals surface area (Å²) in [5, 5.41) is 0. The van der Waals surface area contributed by atoms with Gasteiger partial charge in [0.15, 0.2) is 0 Å². The van der Waals surface area contributed by atoms with Crippen molar-refractivity contribution in [2.75, 3.05) is 0 Å². The van der Waals surface area contributed by atoms with Crippen molar-refractivity contribution in [2.24, 2.45) is 4.99 Å². The molecule has 2 heteroatoms. The second-order valence-corrected chi connectivity index (χ2v) is 4.11. The third-order valence-corrected chi connectivity index (χ3v) is 2.75. The summed E-state index contributed by atoms with van der Waals surface area (Å²) in [4.78, 5) is 4.16. The first-order valence-corrected chi connectivity index (χ1v) is 7.10. The molecule has 1 aromatic carbocycles. The highest BCUT2D eigenvalue weighted by Gasteiger charge is 2.02. The van der Waals surface area contributed by atoms with E-state index in [1.165, 1.54) is 0 Å². The fourth-order valence-corrected chi connectivity index (χ4v) is 1.78. The number of hydrogen-bond donors (Lipinski definition) is 0. The third-order valence-electron chi connectivity index (χ3n) is 2.75. The summed E-state index contributed by atoms with van der Waals surface area (Å²) in [5.74, 6) is 1.77. The van der Waals surface area contributed by atoms with E-state index in [0.29, 0.717) is 0 Å². The number of ether oxygens (including phenoxy) is 1. The summed E-state index contributed by atoms with van der Waals surface area (Å²) >= 11 is 0. The first-order valence-electron chi connectivity index (χ1n) is 7.10. The van der Waals surface area contributed by atoms with E-state index in [4.69, 9.17) is 4.74 Å². The minimum Gasteiger partial charge on any atom is -0.458 e. The van der Waals surface area contributed by atoms with E-state index in [0.717, 1.165) is 35.6 Å². The van der Waals surface area contributed by atoms with Crippen molar-refractivity contribution in [3.8, 4) is 5.75 Å². The van der Waals surface area contributed by atoms with Gasteiger partial charge in [0.1, 0.15) is 11.5 Å². The van der Waals surface area contributed by atoms with Crippen molar-refractivity contribution in [3.63, 3.8) is 0 Å². The Hall–Kier alpha value is -2.09. The molecule has 0 atom stereocenters. The van der Waals surface area contributed by atoms with Crippen molar-refractivity contribution in [1.29, 1.82) is 0 Å². The summed E-state index contributed by atoms with van der Waals surface area (Å²) in [7, 11) is 0. The number of nitrogens with zero attached hydrogens (tertiary/aromatic N) is 1. The predicted octanol–water partition coefficient (Wildman–Crippen LogP) is 5.28. The maximum absolute atomic E-state index is 5.76. The number of aliphatic imine (C=N–C) groups is 1. The number of benzene rings is 1. The number of allylic oxidation sites excluding steroid dienone is 3. The summed E-state index contributed by atoms with van der Waals surface area (Å²) in [6.45, 7) is 9.56. The molecule has 0 unspecified atom stereocenters. The van der Waals surface area contributed by atoms with Crippen LogP contribution in [0.5, 0.6) is 5.75 Å². The largest absolute Gasteiger partial charge is 0.458 e. The Morgan fingerprint density at radius 2 is 1.90 bits per heavy atom. The molecule has 2 rings (SSSR count). The van der Waals surface area contributed by atoms with E-state index in [-0.39, 0.29) is 0 Å². The average Bonchev–Trinajstić information content (AvgIpc) is 2.51. The van der Waals surface area contributed by atoms with Gasteiger partial charge >= 0.3 is 0 Å². The van der Waals surface area contributed by atoms with Crippen LogP contribution >= 0.6 is 0 Å².